The SMILES string of the molecule is CCNc1ncccc1S(=O)(=O)Nc1nc(C)ns1. The molecule has 0 fully saturated rings. The summed E-state index contributed by atoms with van der Waals surface area (Å²) >= 11 is 0.998. The van der Waals surface area contributed by atoms with E-state index in [0.717, 1.165) is 11.5 Å². The van der Waals surface area contributed by atoms with Crippen molar-refractivity contribution in [3.8, 4) is 0 Å². The third-order valence-electron chi connectivity index (χ3n) is 2.15. The Morgan fingerprint density at radius 1 is 1.42 bits per heavy atom. The zero-order chi connectivity index (χ0) is 13.9. The lowest BCUT2D eigenvalue weighted by Gasteiger charge is -2.09. The highest BCUT2D eigenvalue weighted by Crippen LogP contribution is 2.22. The second kappa shape index (κ2) is 5.49. The molecule has 0 atom stereocenters. The summed E-state index contributed by atoms with van der Waals surface area (Å²) in [6.45, 7) is 4.15. The number of pyridine rings is 1. The summed E-state index contributed by atoms with van der Waals surface area (Å²) in [5.41, 5.74) is 0. The Morgan fingerprint density at radius 2 is 2.21 bits per heavy atom. The van der Waals surface area contributed by atoms with Crippen LogP contribution in [-0.4, -0.2) is 29.3 Å². The molecule has 102 valence electrons. The first-order valence-corrected chi connectivity index (χ1v) is 7.80. The summed E-state index contributed by atoms with van der Waals surface area (Å²) < 4.78 is 30.8. The first kappa shape index (κ1) is 13.7. The van der Waals surface area contributed by atoms with Crippen molar-refractivity contribution in [3.63, 3.8) is 0 Å². The summed E-state index contributed by atoms with van der Waals surface area (Å²) in [4.78, 5) is 8.08. The van der Waals surface area contributed by atoms with Crippen molar-refractivity contribution in [3.05, 3.63) is 24.2 Å². The lowest BCUT2D eigenvalue weighted by molar-refractivity contribution is 0.601. The Bertz CT molecular complexity index is 668. The van der Waals surface area contributed by atoms with Gasteiger partial charge in [0.15, 0.2) is 0 Å². The minimum absolute atomic E-state index is 0.0877. The molecule has 0 radical (unpaired) electrons. The van der Waals surface area contributed by atoms with E-state index >= 15 is 0 Å². The third-order valence-corrected chi connectivity index (χ3v) is 4.38. The van der Waals surface area contributed by atoms with Crippen LogP contribution < -0.4 is 10.0 Å². The molecule has 0 aliphatic carbocycles. The van der Waals surface area contributed by atoms with Gasteiger partial charge in [-0.3, -0.25) is 4.72 Å². The monoisotopic (exact) mass is 299 g/mol. The summed E-state index contributed by atoms with van der Waals surface area (Å²) in [5, 5.41) is 3.15. The van der Waals surface area contributed by atoms with Gasteiger partial charge in [-0.1, -0.05) is 0 Å². The maximum absolute atomic E-state index is 12.3. The Labute approximate surface area is 115 Å². The number of aryl methyl sites for hydroxylation is 1. The van der Waals surface area contributed by atoms with Crippen molar-refractivity contribution in [2.75, 3.05) is 16.6 Å². The summed E-state index contributed by atoms with van der Waals surface area (Å²) in [6, 6.07) is 3.06. The normalized spacial score (nSPS) is 11.3. The maximum Gasteiger partial charge on any atom is 0.267 e. The van der Waals surface area contributed by atoms with Crippen LogP contribution in [0.5, 0.6) is 0 Å². The first-order valence-electron chi connectivity index (χ1n) is 5.55. The van der Waals surface area contributed by atoms with Crippen LogP contribution in [0.15, 0.2) is 23.2 Å². The molecule has 19 heavy (non-hydrogen) atoms. The zero-order valence-corrected chi connectivity index (χ0v) is 12.0. The van der Waals surface area contributed by atoms with Crippen molar-refractivity contribution in [1.29, 1.82) is 0 Å². The van der Waals surface area contributed by atoms with Crippen molar-refractivity contribution in [1.82, 2.24) is 14.3 Å². The highest BCUT2D eigenvalue weighted by atomic mass is 32.2. The Balaban J connectivity index is 2.34. The van der Waals surface area contributed by atoms with E-state index in [1.54, 1.807) is 13.0 Å². The summed E-state index contributed by atoms with van der Waals surface area (Å²) in [7, 11) is -3.72. The minimum atomic E-state index is -3.72. The highest BCUT2D eigenvalue weighted by Gasteiger charge is 2.20. The quantitative estimate of drug-likeness (QED) is 0.868. The summed E-state index contributed by atoms with van der Waals surface area (Å²) in [5.74, 6) is 0.847. The molecule has 2 aromatic rings. The number of anilines is 2. The Kier molecular flexibility index (Phi) is 3.96. The van der Waals surface area contributed by atoms with E-state index < -0.39 is 10.0 Å². The van der Waals surface area contributed by atoms with Crippen molar-refractivity contribution in [2.24, 2.45) is 0 Å². The van der Waals surface area contributed by atoms with Crippen LogP contribution in [0, 0.1) is 6.92 Å². The Hall–Kier alpha value is -1.74. The van der Waals surface area contributed by atoms with Gasteiger partial charge < -0.3 is 5.32 Å². The van der Waals surface area contributed by atoms with Gasteiger partial charge in [-0.05, 0) is 26.0 Å². The fourth-order valence-corrected chi connectivity index (χ4v) is 3.35. The smallest absolute Gasteiger partial charge is 0.267 e. The van der Waals surface area contributed by atoms with E-state index in [-0.39, 0.29) is 10.0 Å². The lowest BCUT2D eigenvalue weighted by Crippen LogP contribution is -2.16. The molecule has 0 amide bonds. The predicted octanol–water partition coefficient (Wildman–Crippen LogP) is 1.47. The zero-order valence-electron chi connectivity index (χ0n) is 10.4. The van der Waals surface area contributed by atoms with Crippen LogP contribution in [0.2, 0.25) is 0 Å². The van der Waals surface area contributed by atoms with E-state index in [2.05, 4.69) is 24.4 Å². The van der Waals surface area contributed by atoms with Gasteiger partial charge in [-0.2, -0.15) is 4.37 Å². The molecule has 0 saturated heterocycles. The molecule has 0 saturated carbocycles. The molecule has 0 aliphatic rings. The van der Waals surface area contributed by atoms with Crippen molar-refractivity contribution >= 4 is 32.5 Å². The van der Waals surface area contributed by atoms with Gasteiger partial charge in [0.1, 0.15) is 16.5 Å². The molecule has 2 N–H and O–H groups in total. The number of sulfonamides is 1. The molecular weight excluding hydrogens is 286 g/mol. The fraction of sp³-hybridized carbons (Fsp3) is 0.300. The number of hydrogen-bond donors (Lipinski definition) is 2. The largest absolute Gasteiger partial charge is 0.369 e. The van der Waals surface area contributed by atoms with Gasteiger partial charge in [0.2, 0.25) is 5.13 Å². The number of nitrogens with zero attached hydrogens (tertiary/aromatic N) is 3. The van der Waals surface area contributed by atoms with Crippen LogP contribution in [0.3, 0.4) is 0 Å². The standard InChI is InChI=1S/C10H13N5O2S2/c1-3-11-9-8(5-4-6-12-9)19(16,17)15-10-13-7(2)14-18-10/h4-6H,3H2,1-2H3,(H,11,12)(H,13,14,15). The van der Waals surface area contributed by atoms with Crippen LogP contribution in [-0.2, 0) is 10.0 Å². The number of hydrogen-bond acceptors (Lipinski definition) is 7. The molecule has 2 rings (SSSR count). The summed E-state index contributed by atoms with van der Waals surface area (Å²) in [6.07, 6.45) is 1.53. The lowest BCUT2D eigenvalue weighted by atomic mass is 10.4. The van der Waals surface area contributed by atoms with E-state index in [1.165, 1.54) is 12.3 Å². The molecule has 0 aromatic carbocycles. The number of nitrogens with one attached hydrogen (secondary N) is 2. The number of aromatic nitrogens is 3. The molecule has 9 heteroatoms. The van der Waals surface area contributed by atoms with Crippen LogP contribution in [0.25, 0.3) is 0 Å². The van der Waals surface area contributed by atoms with Gasteiger partial charge in [0, 0.05) is 24.3 Å². The highest BCUT2D eigenvalue weighted by molar-refractivity contribution is 7.93. The van der Waals surface area contributed by atoms with Crippen LogP contribution >= 0.6 is 11.5 Å². The second-order valence-electron chi connectivity index (χ2n) is 3.63. The van der Waals surface area contributed by atoms with Crippen molar-refractivity contribution < 1.29 is 8.42 Å². The van der Waals surface area contributed by atoms with Crippen LogP contribution in [0.4, 0.5) is 10.9 Å². The molecule has 0 bridgehead atoms. The molecular formula is C10H13N5O2S2. The maximum atomic E-state index is 12.3. The molecule has 2 aromatic heterocycles. The molecule has 2 heterocycles. The van der Waals surface area contributed by atoms with Crippen LogP contribution in [0.1, 0.15) is 12.7 Å². The molecule has 0 spiro atoms. The topological polar surface area (TPSA) is 96.9 Å². The average molecular weight is 299 g/mol. The van der Waals surface area contributed by atoms with Crippen molar-refractivity contribution in [2.45, 2.75) is 18.7 Å². The Morgan fingerprint density at radius 3 is 2.84 bits per heavy atom. The average Bonchev–Trinajstić information content (AvgIpc) is 2.75. The molecule has 0 unspecified atom stereocenters. The third kappa shape index (κ3) is 3.18. The van der Waals surface area contributed by atoms with Gasteiger partial charge in [-0.15, -0.1) is 0 Å². The van der Waals surface area contributed by atoms with E-state index in [4.69, 9.17) is 0 Å². The minimum Gasteiger partial charge on any atom is -0.369 e. The van der Waals surface area contributed by atoms with Gasteiger partial charge >= 0.3 is 0 Å². The van der Waals surface area contributed by atoms with Gasteiger partial charge in [-0.25, -0.2) is 18.4 Å². The molecule has 0 aliphatic heterocycles. The first-order chi connectivity index (χ1) is 9.03. The fourth-order valence-electron chi connectivity index (χ4n) is 1.42. The van der Waals surface area contributed by atoms with E-state index in [0.29, 0.717) is 18.2 Å². The second-order valence-corrected chi connectivity index (χ2v) is 6.04. The van der Waals surface area contributed by atoms with Gasteiger partial charge in [0.25, 0.3) is 10.0 Å². The van der Waals surface area contributed by atoms with E-state index in [9.17, 15) is 8.42 Å². The molecule has 7 nitrogen and oxygen atoms in total. The number of rotatable bonds is 5. The van der Waals surface area contributed by atoms with E-state index in [1.807, 2.05) is 6.92 Å². The van der Waals surface area contributed by atoms with Gasteiger partial charge in [0.05, 0.1) is 0 Å². The predicted molar refractivity (Wildman–Crippen MR) is 73.9 cm³/mol.